The summed E-state index contributed by atoms with van der Waals surface area (Å²) >= 11 is 0. The zero-order valence-corrected chi connectivity index (χ0v) is 15.9. The topological polar surface area (TPSA) is 92.3 Å². The highest BCUT2D eigenvalue weighted by Crippen LogP contribution is 2.26. The van der Waals surface area contributed by atoms with Gasteiger partial charge in [0.25, 0.3) is 5.56 Å². The van der Waals surface area contributed by atoms with Gasteiger partial charge >= 0.3 is 0 Å². The molecule has 1 aromatic heterocycles. The van der Waals surface area contributed by atoms with Gasteiger partial charge in [-0.25, -0.2) is 0 Å². The molecular weight excluding hydrogens is 344 g/mol. The molecule has 1 heterocycles. The third kappa shape index (κ3) is 4.20. The van der Waals surface area contributed by atoms with Crippen molar-refractivity contribution in [3.63, 3.8) is 0 Å². The number of pyridine rings is 1. The van der Waals surface area contributed by atoms with Gasteiger partial charge in [-0.05, 0) is 31.0 Å². The van der Waals surface area contributed by atoms with Crippen molar-refractivity contribution >= 4 is 5.78 Å². The first-order valence-electron chi connectivity index (χ1n) is 9.01. The summed E-state index contributed by atoms with van der Waals surface area (Å²) in [6, 6.07) is 8.42. The second kappa shape index (κ2) is 9.04. The number of rotatable bonds is 8. The molecule has 0 aliphatic heterocycles. The van der Waals surface area contributed by atoms with Gasteiger partial charge in [-0.2, -0.15) is 5.26 Å². The summed E-state index contributed by atoms with van der Waals surface area (Å²) in [7, 11) is 1.50. The van der Waals surface area contributed by atoms with E-state index in [1.165, 1.54) is 14.0 Å². The summed E-state index contributed by atoms with van der Waals surface area (Å²) in [5.41, 5.74) is -0.193. The fourth-order valence-electron chi connectivity index (χ4n) is 3.04. The molecule has 0 saturated carbocycles. The van der Waals surface area contributed by atoms with Crippen LogP contribution in [-0.4, -0.2) is 22.6 Å². The third-order valence-corrected chi connectivity index (χ3v) is 4.59. The van der Waals surface area contributed by atoms with Crippen molar-refractivity contribution in [2.75, 3.05) is 7.11 Å². The number of carbonyl (C=O) groups is 1. The quantitative estimate of drug-likeness (QED) is 0.568. The predicted octanol–water partition coefficient (Wildman–Crippen LogP) is 3.55. The van der Waals surface area contributed by atoms with Gasteiger partial charge in [-0.1, -0.05) is 38.3 Å². The molecule has 2 aromatic rings. The Morgan fingerprint density at radius 3 is 2.67 bits per heavy atom. The van der Waals surface area contributed by atoms with E-state index in [-0.39, 0.29) is 29.1 Å². The number of hydrogen-bond donors (Lipinski definition) is 1. The monoisotopic (exact) mass is 368 g/mol. The Morgan fingerprint density at radius 2 is 2.04 bits per heavy atom. The largest absolute Gasteiger partial charge is 0.497 e. The average Bonchev–Trinajstić information content (AvgIpc) is 2.67. The number of nitrogens with zero attached hydrogens (tertiary/aromatic N) is 2. The minimum atomic E-state index is -0.564. The Bertz CT molecular complexity index is 938. The molecule has 0 radical (unpaired) electrons. The molecule has 27 heavy (non-hydrogen) atoms. The number of aromatic hydroxyl groups is 1. The van der Waals surface area contributed by atoms with E-state index in [0.29, 0.717) is 17.7 Å². The lowest BCUT2D eigenvalue weighted by molar-refractivity contribution is 0.103. The molecule has 1 N–H and O–H groups in total. The van der Waals surface area contributed by atoms with Crippen molar-refractivity contribution in [1.29, 1.82) is 5.26 Å². The van der Waals surface area contributed by atoms with Crippen molar-refractivity contribution in [2.24, 2.45) is 0 Å². The van der Waals surface area contributed by atoms with Crippen LogP contribution in [0.4, 0.5) is 0 Å². The van der Waals surface area contributed by atoms with Gasteiger partial charge in [-0.15, -0.1) is 0 Å². The summed E-state index contributed by atoms with van der Waals surface area (Å²) in [5.74, 6) is -0.338. The molecule has 0 aliphatic rings. The normalized spacial score (nSPS) is 10.4. The molecule has 6 nitrogen and oxygen atoms in total. The Balaban J connectivity index is 2.56. The maximum atomic E-state index is 13.0. The van der Waals surface area contributed by atoms with Crippen LogP contribution in [0, 0.1) is 18.3 Å². The van der Waals surface area contributed by atoms with Gasteiger partial charge in [0.2, 0.25) is 5.88 Å². The molecule has 0 spiro atoms. The van der Waals surface area contributed by atoms with Crippen LogP contribution >= 0.6 is 0 Å². The van der Waals surface area contributed by atoms with Crippen molar-refractivity contribution < 1.29 is 14.6 Å². The number of nitriles is 1. The zero-order valence-electron chi connectivity index (χ0n) is 15.9. The lowest BCUT2D eigenvalue weighted by atomic mass is 9.97. The maximum Gasteiger partial charge on any atom is 0.271 e. The number of hydrogen-bond acceptors (Lipinski definition) is 5. The molecule has 142 valence electrons. The third-order valence-electron chi connectivity index (χ3n) is 4.59. The molecule has 1 aromatic carbocycles. The first kappa shape index (κ1) is 20.2. The molecular formula is C21H24N2O4. The second-order valence-electron chi connectivity index (χ2n) is 6.39. The minimum absolute atomic E-state index is 0.0186. The minimum Gasteiger partial charge on any atom is -0.497 e. The van der Waals surface area contributed by atoms with E-state index in [9.17, 15) is 20.0 Å². The highest BCUT2D eigenvalue weighted by molar-refractivity contribution is 6.11. The van der Waals surface area contributed by atoms with Crippen molar-refractivity contribution in [2.45, 2.75) is 46.1 Å². The number of methoxy groups -OCH3 is 1. The smallest absolute Gasteiger partial charge is 0.271 e. The highest BCUT2D eigenvalue weighted by atomic mass is 16.5. The molecule has 0 unspecified atom stereocenters. The van der Waals surface area contributed by atoms with Crippen LogP contribution < -0.4 is 10.3 Å². The summed E-state index contributed by atoms with van der Waals surface area (Å²) in [6.07, 6.45) is 3.64. The number of ketones is 1. The molecule has 0 atom stereocenters. The van der Waals surface area contributed by atoms with E-state index in [1.54, 1.807) is 24.3 Å². The lowest BCUT2D eigenvalue weighted by Gasteiger charge is -2.15. The van der Waals surface area contributed by atoms with Gasteiger partial charge in [0.1, 0.15) is 17.4 Å². The van der Waals surface area contributed by atoms with Crippen LogP contribution in [-0.2, 0) is 6.54 Å². The van der Waals surface area contributed by atoms with Crippen molar-refractivity contribution in [3.8, 4) is 17.7 Å². The van der Waals surface area contributed by atoms with Gasteiger partial charge in [-0.3, -0.25) is 14.2 Å². The average molecular weight is 368 g/mol. The molecule has 0 saturated heterocycles. The van der Waals surface area contributed by atoms with Gasteiger partial charge in [0, 0.05) is 12.1 Å². The van der Waals surface area contributed by atoms with Crippen LogP contribution in [0.3, 0.4) is 0 Å². The molecule has 0 aliphatic carbocycles. The second-order valence-corrected chi connectivity index (χ2v) is 6.39. The fourth-order valence-corrected chi connectivity index (χ4v) is 3.04. The van der Waals surface area contributed by atoms with Crippen LogP contribution in [0.15, 0.2) is 29.1 Å². The van der Waals surface area contributed by atoms with Gasteiger partial charge in [0.05, 0.1) is 12.7 Å². The van der Waals surface area contributed by atoms with E-state index >= 15 is 0 Å². The lowest BCUT2D eigenvalue weighted by Crippen LogP contribution is -2.27. The zero-order chi connectivity index (χ0) is 20.0. The summed E-state index contributed by atoms with van der Waals surface area (Å²) in [6.45, 7) is 3.85. The van der Waals surface area contributed by atoms with E-state index in [1.807, 2.05) is 6.07 Å². The van der Waals surface area contributed by atoms with E-state index in [0.717, 1.165) is 23.8 Å². The van der Waals surface area contributed by atoms with E-state index < -0.39 is 11.3 Å². The van der Waals surface area contributed by atoms with Crippen LogP contribution in [0.1, 0.15) is 59.7 Å². The van der Waals surface area contributed by atoms with Crippen molar-refractivity contribution in [1.82, 2.24) is 4.57 Å². The van der Waals surface area contributed by atoms with Gasteiger partial charge in [0.15, 0.2) is 5.78 Å². The van der Waals surface area contributed by atoms with E-state index in [4.69, 9.17) is 4.74 Å². The number of carbonyl (C=O) groups excluding carboxylic acids is 1. The first-order chi connectivity index (χ1) is 13.0. The SMILES string of the molecule is CCCCCCn1c(O)c(C(=O)c2cccc(OC)c2)c(C)c(C#N)c1=O. The maximum absolute atomic E-state index is 13.0. The van der Waals surface area contributed by atoms with Crippen molar-refractivity contribution in [3.05, 3.63) is 56.9 Å². The van der Waals surface area contributed by atoms with Crippen LogP contribution in [0.2, 0.25) is 0 Å². The standard InChI is InChI=1S/C21H24N2O4/c1-4-5-6-7-11-23-20(25)17(13-22)14(2)18(21(23)26)19(24)15-9-8-10-16(12-15)27-3/h8-10,12,26H,4-7,11H2,1-3H3. The molecule has 0 amide bonds. The van der Waals surface area contributed by atoms with Crippen LogP contribution in [0.25, 0.3) is 0 Å². The Labute approximate surface area is 158 Å². The van der Waals surface area contributed by atoms with Crippen LogP contribution in [0.5, 0.6) is 11.6 Å². The molecule has 6 heteroatoms. The molecule has 2 rings (SSSR count). The Morgan fingerprint density at radius 1 is 1.30 bits per heavy atom. The Kier molecular flexibility index (Phi) is 6.78. The first-order valence-corrected chi connectivity index (χ1v) is 9.01. The fraction of sp³-hybridized carbons (Fsp3) is 0.381. The number of aromatic nitrogens is 1. The highest BCUT2D eigenvalue weighted by Gasteiger charge is 2.24. The van der Waals surface area contributed by atoms with Gasteiger partial charge < -0.3 is 9.84 Å². The number of unbranched alkanes of at least 4 members (excludes halogenated alkanes) is 3. The Hall–Kier alpha value is -3.07. The predicted molar refractivity (Wildman–Crippen MR) is 102 cm³/mol. The molecule has 0 fully saturated rings. The summed E-state index contributed by atoms with van der Waals surface area (Å²) < 4.78 is 6.28. The van der Waals surface area contributed by atoms with E-state index in [2.05, 4.69) is 6.92 Å². The summed E-state index contributed by atoms with van der Waals surface area (Å²) in [5, 5.41) is 20.1. The summed E-state index contributed by atoms with van der Waals surface area (Å²) in [4.78, 5) is 25.6. The molecule has 0 bridgehead atoms. The number of ether oxygens (including phenoxy) is 1. The number of benzene rings is 1.